The number of anilines is 1. The van der Waals surface area contributed by atoms with Gasteiger partial charge in [-0.25, -0.2) is 4.39 Å². The number of nitrogens with one attached hydrogen (secondary N) is 2. The average molecular weight is 362 g/mol. The van der Waals surface area contributed by atoms with Crippen molar-refractivity contribution in [3.8, 4) is 0 Å². The Labute approximate surface area is 157 Å². The molecule has 2 N–H and O–H groups in total. The maximum Gasteiger partial charge on any atom is 0.252 e. The minimum atomic E-state index is -0.884. The first-order valence-corrected chi connectivity index (χ1v) is 8.52. The van der Waals surface area contributed by atoms with E-state index in [1.807, 2.05) is 25.1 Å². The molecule has 0 radical (unpaired) electrons. The Morgan fingerprint density at radius 3 is 2.11 bits per heavy atom. The topological polar surface area (TPSA) is 58.2 Å². The van der Waals surface area contributed by atoms with Gasteiger partial charge in [0.2, 0.25) is 0 Å². The highest BCUT2D eigenvalue weighted by molar-refractivity contribution is 6.01. The summed E-state index contributed by atoms with van der Waals surface area (Å²) in [4.78, 5) is 25.4. The molecule has 0 saturated carbocycles. The highest BCUT2D eigenvalue weighted by atomic mass is 19.1. The van der Waals surface area contributed by atoms with Crippen molar-refractivity contribution in [2.75, 3.05) is 5.32 Å². The molecule has 3 aromatic carbocycles. The van der Waals surface area contributed by atoms with Crippen molar-refractivity contribution in [2.24, 2.45) is 0 Å². The molecule has 136 valence electrons. The number of benzene rings is 3. The van der Waals surface area contributed by atoms with Crippen LogP contribution in [0.5, 0.6) is 0 Å². The van der Waals surface area contributed by atoms with Crippen LogP contribution in [0.4, 0.5) is 10.1 Å². The molecule has 27 heavy (non-hydrogen) atoms. The van der Waals surface area contributed by atoms with Crippen LogP contribution in [0.3, 0.4) is 0 Å². The molecular formula is C22H19FN2O2. The number of rotatable bonds is 5. The van der Waals surface area contributed by atoms with Gasteiger partial charge < -0.3 is 10.6 Å². The molecule has 0 aliphatic heterocycles. The minimum Gasteiger partial charge on any atom is -0.336 e. The van der Waals surface area contributed by atoms with Gasteiger partial charge in [-0.3, -0.25) is 9.59 Å². The van der Waals surface area contributed by atoms with E-state index in [4.69, 9.17) is 0 Å². The van der Waals surface area contributed by atoms with Crippen LogP contribution in [-0.4, -0.2) is 11.8 Å². The molecule has 0 aliphatic carbocycles. The van der Waals surface area contributed by atoms with Gasteiger partial charge in [0.1, 0.15) is 11.9 Å². The van der Waals surface area contributed by atoms with Crippen molar-refractivity contribution in [2.45, 2.75) is 13.0 Å². The molecule has 2 amide bonds. The first-order valence-electron chi connectivity index (χ1n) is 8.52. The van der Waals surface area contributed by atoms with Gasteiger partial charge in [-0.15, -0.1) is 0 Å². The Morgan fingerprint density at radius 1 is 0.852 bits per heavy atom. The second-order valence-corrected chi connectivity index (χ2v) is 6.18. The normalized spacial score (nSPS) is 11.5. The van der Waals surface area contributed by atoms with Gasteiger partial charge in [0.05, 0.1) is 0 Å². The Hall–Kier alpha value is -3.47. The fourth-order valence-electron chi connectivity index (χ4n) is 2.61. The summed E-state index contributed by atoms with van der Waals surface area (Å²) in [5.74, 6) is -1.15. The molecule has 5 heteroatoms. The van der Waals surface area contributed by atoms with Gasteiger partial charge >= 0.3 is 0 Å². The fourth-order valence-corrected chi connectivity index (χ4v) is 2.61. The second kappa shape index (κ2) is 8.27. The van der Waals surface area contributed by atoms with E-state index >= 15 is 0 Å². The van der Waals surface area contributed by atoms with E-state index in [1.165, 1.54) is 24.3 Å². The largest absolute Gasteiger partial charge is 0.336 e. The lowest BCUT2D eigenvalue weighted by molar-refractivity contribution is -0.118. The zero-order valence-electron chi connectivity index (χ0n) is 14.8. The molecule has 4 nitrogen and oxygen atoms in total. The van der Waals surface area contributed by atoms with Gasteiger partial charge in [-0.1, -0.05) is 48.0 Å². The maximum absolute atomic E-state index is 13.1. The number of carbonyl (C=O) groups is 2. The lowest BCUT2D eigenvalue weighted by atomic mass is 10.0. The lowest BCUT2D eigenvalue weighted by Crippen LogP contribution is -2.37. The predicted octanol–water partition coefficient (Wildman–Crippen LogP) is 4.24. The zero-order valence-corrected chi connectivity index (χ0v) is 14.8. The van der Waals surface area contributed by atoms with Crippen molar-refractivity contribution in [1.82, 2.24) is 5.32 Å². The van der Waals surface area contributed by atoms with Crippen LogP contribution in [0.25, 0.3) is 0 Å². The zero-order chi connectivity index (χ0) is 19.2. The summed E-state index contributed by atoms with van der Waals surface area (Å²) in [5, 5.41) is 5.49. The number of halogens is 1. The fraction of sp³-hybridized carbons (Fsp3) is 0.0909. The van der Waals surface area contributed by atoms with Gasteiger partial charge in [0.25, 0.3) is 11.8 Å². The van der Waals surface area contributed by atoms with E-state index in [1.54, 1.807) is 36.4 Å². The first-order chi connectivity index (χ1) is 13.0. The molecule has 0 fully saturated rings. The average Bonchev–Trinajstić information content (AvgIpc) is 2.69. The Kier molecular flexibility index (Phi) is 5.61. The Bertz CT molecular complexity index is 923. The molecule has 0 bridgehead atoms. The number of hydrogen-bond acceptors (Lipinski definition) is 2. The first kappa shape index (κ1) is 18.3. The van der Waals surface area contributed by atoms with Crippen molar-refractivity contribution in [1.29, 1.82) is 0 Å². The highest BCUT2D eigenvalue weighted by Crippen LogP contribution is 2.17. The predicted molar refractivity (Wildman–Crippen MR) is 103 cm³/mol. The van der Waals surface area contributed by atoms with E-state index in [0.29, 0.717) is 16.8 Å². The second-order valence-electron chi connectivity index (χ2n) is 6.18. The number of amides is 2. The van der Waals surface area contributed by atoms with Crippen LogP contribution < -0.4 is 10.6 Å². The standard InChI is InChI=1S/C22H19FN2O2/c1-15-7-9-17(10-8-15)21(26)25-20(16-5-3-2-4-6-16)22(27)24-19-13-11-18(23)12-14-19/h2-14,20H,1H3,(H,24,27)(H,25,26). The van der Waals surface area contributed by atoms with E-state index in [0.717, 1.165) is 5.56 Å². The van der Waals surface area contributed by atoms with Crippen LogP contribution in [0.15, 0.2) is 78.9 Å². The van der Waals surface area contributed by atoms with Crippen molar-refractivity contribution in [3.05, 3.63) is 101 Å². The Balaban J connectivity index is 1.82. The quantitative estimate of drug-likeness (QED) is 0.713. The van der Waals surface area contributed by atoms with Crippen LogP contribution >= 0.6 is 0 Å². The van der Waals surface area contributed by atoms with Crippen LogP contribution in [0.1, 0.15) is 27.5 Å². The minimum absolute atomic E-state index is 0.349. The molecule has 1 atom stereocenters. The smallest absolute Gasteiger partial charge is 0.252 e. The molecule has 0 saturated heterocycles. The van der Waals surface area contributed by atoms with E-state index in [9.17, 15) is 14.0 Å². The van der Waals surface area contributed by atoms with E-state index < -0.39 is 11.9 Å². The number of carbonyl (C=O) groups excluding carboxylic acids is 2. The summed E-state index contributed by atoms with van der Waals surface area (Å²) in [5.41, 5.74) is 2.61. The molecule has 0 aliphatic rings. The van der Waals surface area contributed by atoms with Crippen LogP contribution in [0.2, 0.25) is 0 Å². The summed E-state index contributed by atoms with van der Waals surface area (Å²) >= 11 is 0. The molecule has 3 aromatic rings. The Morgan fingerprint density at radius 2 is 1.48 bits per heavy atom. The summed E-state index contributed by atoms with van der Waals surface area (Å²) < 4.78 is 13.1. The van der Waals surface area contributed by atoms with E-state index in [2.05, 4.69) is 10.6 Å². The summed E-state index contributed by atoms with van der Waals surface area (Å²) in [7, 11) is 0. The lowest BCUT2D eigenvalue weighted by Gasteiger charge is -2.19. The van der Waals surface area contributed by atoms with E-state index in [-0.39, 0.29) is 11.7 Å². The molecule has 1 unspecified atom stereocenters. The molecular weight excluding hydrogens is 343 g/mol. The number of aryl methyl sites for hydroxylation is 1. The van der Waals surface area contributed by atoms with Crippen LogP contribution in [-0.2, 0) is 4.79 Å². The summed E-state index contributed by atoms with van der Waals surface area (Å²) in [6.45, 7) is 1.94. The van der Waals surface area contributed by atoms with Crippen molar-refractivity contribution >= 4 is 17.5 Å². The van der Waals surface area contributed by atoms with Gasteiger partial charge in [0.15, 0.2) is 0 Å². The van der Waals surface area contributed by atoms with Gasteiger partial charge in [0, 0.05) is 11.3 Å². The maximum atomic E-state index is 13.1. The van der Waals surface area contributed by atoms with Crippen molar-refractivity contribution in [3.63, 3.8) is 0 Å². The molecule has 3 rings (SSSR count). The molecule has 0 heterocycles. The summed E-state index contributed by atoms with van der Waals surface area (Å²) in [6.07, 6.45) is 0. The monoisotopic (exact) mass is 362 g/mol. The highest BCUT2D eigenvalue weighted by Gasteiger charge is 2.23. The van der Waals surface area contributed by atoms with Crippen molar-refractivity contribution < 1.29 is 14.0 Å². The molecule has 0 spiro atoms. The third-order valence-electron chi connectivity index (χ3n) is 4.10. The summed E-state index contributed by atoms with van der Waals surface area (Å²) in [6, 6.07) is 20.6. The number of hydrogen-bond donors (Lipinski definition) is 2. The van der Waals surface area contributed by atoms with Crippen LogP contribution in [0, 0.1) is 12.7 Å². The molecule has 0 aromatic heterocycles. The third kappa shape index (κ3) is 4.79. The SMILES string of the molecule is Cc1ccc(C(=O)NC(C(=O)Nc2ccc(F)cc2)c2ccccc2)cc1. The van der Waals surface area contributed by atoms with Gasteiger partial charge in [-0.2, -0.15) is 0 Å². The third-order valence-corrected chi connectivity index (χ3v) is 4.10. The van der Waals surface area contributed by atoms with Gasteiger partial charge in [-0.05, 0) is 48.9 Å².